The molecule has 1 rings (SSSR count). The van der Waals surface area contributed by atoms with Gasteiger partial charge in [-0.25, -0.2) is 10.2 Å². The van der Waals surface area contributed by atoms with E-state index in [0.29, 0.717) is 18.0 Å². The van der Waals surface area contributed by atoms with Gasteiger partial charge in [0.15, 0.2) is 0 Å². The van der Waals surface area contributed by atoms with Gasteiger partial charge in [-0.2, -0.15) is 0 Å². The van der Waals surface area contributed by atoms with Crippen LogP contribution in [0.15, 0.2) is 30.3 Å². The van der Waals surface area contributed by atoms with E-state index in [1.54, 1.807) is 0 Å². The molecule has 0 spiro atoms. The molecule has 0 aliphatic carbocycles. The van der Waals surface area contributed by atoms with Crippen molar-refractivity contribution in [3.63, 3.8) is 0 Å². The normalized spacial score (nSPS) is 9.74. The van der Waals surface area contributed by atoms with Gasteiger partial charge < -0.3 is 4.74 Å². The second-order valence-electron chi connectivity index (χ2n) is 4.15. The Labute approximate surface area is 119 Å². The van der Waals surface area contributed by atoms with E-state index in [1.807, 2.05) is 25.1 Å². The third kappa shape index (κ3) is 7.41. The van der Waals surface area contributed by atoms with Gasteiger partial charge in [-0.15, -0.1) is 0 Å². The highest BCUT2D eigenvalue weighted by atomic mass is 32.1. The second-order valence-corrected chi connectivity index (χ2v) is 4.64. The van der Waals surface area contributed by atoms with Gasteiger partial charge in [-0.1, -0.05) is 55.9 Å². The summed E-state index contributed by atoms with van der Waals surface area (Å²) in [4.78, 5) is 11.8. The van der Waals surface area contributed by atoms with E-state index in [2.05, 4.69) is 23.0 Å². The van der Waals surface area contributed by atoms with Crippen LogP contribution in [0.5, 0.6) is 0 Å². The minimum atomic E-state index is -0.490. The van der Waals surface area contributed by atoms with Crippen molar-refractivity contribution in [1.82, 2.24) is 10.9 Å². The van der Waals surface area contributed by atoms with E-state index >= 15 is 0 Å². The second kappa shape index (κ2) is 9.33. The molecule has 0 aliphatic rings. The van der Waals surface area contributed by atoms with Crippen molar-refractivity contribution in [3.8, 4) is 0 Å². The minimum Gasteiger partial charge on any atom is -0.448 e. The number of hydrogen-bond acceptors (Lipinski definition) is 3. The summed E-state index contributed by atoms with van der Waals surface area (Å²) in [5, 5.41) is 0. The number of ether oxygens (including phenoxy) is 1. The lowest BCUT2D eigenvalue weighted by Crippen LogP contribution is -2.41. The lowest BCUT2D eigenvalue weighted by atomic mass is 10.1. The van der Waals surface area contributed by atoms with Crippen LogP contribution in [-0.4, -0.2) is 17.7 Å². The molecule has 1 aromatic carbocycles. The molecule has 0 saturated carbocycles. The van der Waals surface area contributed by atoms with Crippen LogP contribution in [0, 0.1) is 0 Å². The van der Waals surface area contributed by atoms with E-state index < -0.39 is 6.09 Å². The van der Waals surface area contributed by atoms with Gasteiger partial charge in [0.05, 0.1) is 11.6 Å². The monoisotopic (exact) mass is 280 g/mol. The quantitative estimate of drug-likeness (QED) is 0.478. The Morgan fingerprint density at radius 1 is 1.26 bits per heavy atom. The highest BCUT2D eigenvalue weighted by Crippen LogP contribution is 2.02. The average Bonchev–Trinajstić information content (AvgIpc) is 2.44. The Kier molecular flexibility index (Phi) is 7.58. The number of unbranched alkanes of at least 4 members (excludes halogenated alkanes) is 1. The molecule has 4 nitrogen and oxygen atoms in total. The molecule has 0 bridgehead atoms. The standard InChI is InChI=1S/C14H20N2O2S/c1-2-3-11-18-14(17)16-15-13(19)10-9-12-7-5-4-6-8-12/h4-8H,2-3,9-11H2,1H3,(H,15,19)(H,16,17). The summed E-state index contributed by atoms with van der Waals surface area (Å²) >= 11 is 5.13. The number of hydrazine groups is 1. The Morgan fingerprint density at radius 3 is 2.68 bits per heavy atom. The predicted octanol–water partition coefficient (Wildman–Crippen LogP) is 2.98. The van der Waals surface area contributed by atoms with Crippen molar-refractivity contribution in [3.05, 3.63) is 35.9 Å². The Bertz CT molecular complexity index is 396. The van der Waals surface area contributed by atoms with Crippen LogP contribution in [0.3, 0.4) is 0 Å². The molecule has 0 saturated heterocycles. The molecule has 104 valence electrons. The third-order valence-electron chi connectivity index (χ3n) is 2.52. The minimum absolute atomic E-state index is 0.431. The molecule has 1 amide bonds. The number of carbonyl (C=O) groups excluding carboxylic acids is 1. The zero-order valence-electron chi connectivity index (χ0n) is 11.1. The van der Waals surface area contributed by atoms with Crippen LogP contribution in [0.2, 0.25) is 0 Å². The zero-order valence-corrected chi connectivity index (χ0v) is 12.0. The van der Waals surface area contributed by atoms with Crippen LogP contribution in [-0.2, 0) is 11.2 Å². The van der Waals surface area contributed by atoms with Crippen molar-refractivity contribution < 1.29 is 9.53 Å². The fourth-order valence-corrected chi connectivity index (χ4v) is 1.58. The zero-order chi connectivity index (χ0) is 13.9. The molecule has 2 N–H and O–H groups in total. The highest BCUT2D eigenvalue weighted by Gasteiger charge is 2.02. The molecule has 0 aromatic heterocycles. The predicted molar refractivity (Wildman–Crippen MR) is 79.9 cm³/mol. The molecule has 0 atom stereocenters. The van der Waals surface area contributed by atoms with Crippen LogP contribution in [0.1, 0.15) is 31.7 Å². The number of hydrogen-bond donors (Lipinski definition) is 2. The summed E-state index contributed by atoms with van der Waals surface area (Å²) in [6.45, 7) is 2.47. The Hall–Kier alpha value is -1.62. The first kappa shape index (κ1) is 15.4. The van der Waals surface area contributed by atoms with Crippen molar-refractivity contribution in [1.29, 1.82) is 0 Å². The maximum Gasteiger partial charge on any atom is 0.425 e. The van der Waals surface area contributed by atoms with Gasteiger partial charge in [0.1, 0.15) is 0 Å². The number of carbonyl (C=O) groups is 1. The number of amides is 1. The number of aryl methyl sites for hydroxylation is 1. The summed E-state index contributed by atoms with van der Waals surface area (Å²) in [6.07, 6.45) is 2.91. The maximum absolute atomic E-state index is 11.2. The molecular weight excluding hydrogens is 260 g/mol. The van der Waals surface area contributed by atoms with Gasteiger partial charge in [0.25, 0.3) is 0 Å². The fraction of sp³-hybridized carbons (Fsp3) is 0.429. The first-order valence-electron chi connectivity index (χ1n) is 6.48. The van der Waals surface area contributed by atoms with E-state index in [0.717, 1.165) is 19.3 Å². The third-order valence-corrected chi connectivity index (χ3v) is 2.82. The summed E-state index contributed by atoms with van der Waals surface area (Å²) in [7, 11) is 0. The number of nitrogens with one attached hydrogen (secondary N) is 2. The van der Waals surface area contributed by atoms with Crippen LogP contribution in [0.25, 0.3) is 0 Å². The van der Waals surface area contributed by atoms with Gasteiger partial charge in [0.2, 0.25) is 0 Å². The van der Waals surface area contributed by atoms with E-state index in [9.17, 15) is 4.79 Å². The van der Waals surface area contributed by atoms with Crippen LogP contribution in [0.4, 0.5) is 4.79 Å². The van der Waals surface area contributed by atoms with Crippen molar-refractivity contribution >= 4 is 23.3 Å². The van der Waals surface area contributed by atoms with E-state index in [4.69, 9.17) is 17.0 Å². The maximum atomic E-state index is 11.2. The molecule has 5 heteroatoms. The van der Waals surface area contributed by atoms with Gasteiger partial charge >= 0.3 is 6.09 Å². The molecule has 19 heavy (non-hydrogen) atoms. The van der Waals surface area contributed by atoms with Crippen molar-refractivity contribution in [2.75, 3.05) is 6.61 Å². The van der Waals surface area contributed by atoms with Crippen LogP contribution < -0.4 is 10.9 Å². The summed E-state index contributed by atoms with van der Waals surface area (Å²) in [5.74, 6) is 0. The molecule has 0 unspecified atom stereocenters. The lowest BCUT2D eigenvalue weighted by Gasteiger charge is -2.10. The van der Waals surface area contributed by atoms with Crippen molar-refractivity contribution in [2.24, 2.45) is 0 Å². The smallest absolute Gasteiger partial charge is 0.425 e. The molecular formula is C14H20N2O2S. The van der Waals surface area contributed by atoms with Gasteiger partial charge in [0, 0.05) is 6.42 Å². The number of rotatable bonds is 6. The van der Waals surface area contributed by atoms with Gasteiger partial charge in [-0.05, 0) is 18.4 Å². The van der Waals surface area contributed by atoms with Gasteiger partial charge in [-0.3, -0.25) is 5.43 Å². The van der Waals surface area contributed by atoms with Crippen molar-refractivity contribution in [2.45, 2.75) is 32.6 Å². The molecule has 1 aromatic rings. The topological polar surface area (TPSA) is 50.4 Å². The van der Waals surface area contributed by atoms with E-state index in [-0.39, 0.29) is 0 Å². The Balaban J connectivity index is 2.12. The molecule has 0 fully saturated rings. The fourth-order valence-electron chi connectivity index (χ4n) is 1.43. The van der Waals surface area contributed by atoms with E-state index in [1.165, 1.54) is 5.56 Å². The Morgan fingerprint density at radius 2 is 2.00 bits per heavy atom. The first-order valence-corrected chi connectivity index (χ1v) is 6.88. The number of benzene rings is 1. The number of thiocarbonyl (C=S) groups is 1. The first-order chi connectivity index (χ1) is 9.22. The summed E-state index contributed by atoms with van der Waals surface area (Å²) in [6, 6.07) is 10.1. The molecule has 0 radical (unpaired) electrons. The SMILES string of the molecule is CCCCOC(=O)NNC(=S)CCc1ccccc1. The largest absolute Gasteiger partial charge is 0.448 e. The summed E-state index contributed by atoms with van der Waals surface area (Å²) in [5.41, 5.74) is 6.33. The van der Waals surface area contributed by atoms with Crippen LogP contribution >= 0.6 is 12.2 Å². The lowest BCUT2D eigenvalue weighted by molar-refractivity contribution is 0.142. The highest BCUT2D eigenvalue weighted by molar-refractivity contribution is 7.80. The average molecular weight is 280 g/mol. The summed E-state index contributed by atoms with van der Waals surface area (Å²) < 4.78 is 4.92. The molecule has 0 aliphatic heterocycles. The molecule has 0 heterocycles.